The summed E-state index contributed by atoms with van der Waals surface area (Å²) < 4.78 is 5.30. The van der Waals surface area contributed by atoms with E-state index < -0.39 is 0 Å². The van der Waals surface area contributed by atoms with Crippen LogP contribution in [0.25, 0.3) is 0 Å². The molecule has 0 aliphatic carbocycles. The number of amides is 2. The molecule has 3 aromatic carbocycles. The van der Waals surface area contributed by atoms with E-state index in [-0.39, 0.29) is 11.8 Å². The van der Waals surface area contributed by atoms with Gasteiger partial charge < -0.3 is 15.4 Å². The van der Waals surface area contributed by atoms with Crippen LogP contribution in [0.5, 0.6) is 5.75 Å². The number of carbonyl (C=O) groups excluding carboxylic acids is 2. The van der Waals surface area contributed by atoms with Gasteiger partial charge in [-0.2, -0.15) is 0 Å². The quantitative estimate of drug-likeness (QED) is 0.654. The molecule has 5 nitrogen and oxygen atoms in total. The molecule has 2 amide bonds. The summed E-state index contributed by atoms with van der Waals surface area (Å²) in [6.07, 6.45) is 0. The maximum atomic E-state index is 12.7. The van der Waals surface area contributed by atoms with E-state index in [0.29, 0.717) is 17.7 Å². The van der Waals surface area contributed by atoms with Gasteiger partial charge in [-0.3, -0.25) is 9.59 Å². The van der Waals surface area contributed by atoms with Crippen molar-refractivity contribution in [3.8, 4) is 5.75 Å². The minimum atomic E-state index is -0.253. The van der Waals surface area contributed by atoms with E-state index in [1.807, 2.05) is 56.3 Å². The summed E-state index contributed by atoms with van der Waals surface area (Å²) in [7, 11) is 1.60. The number of para-hydroxylation sites is 1. The summed E-state index contributed by atoms with van der Waals surface area (Å²) in [5, 5.41) is 5.79. The van der Waals surface area contributed by atoms with E-state index in [2.05, 4.69) is 10.6 Å². The topological polar surface area (TPSA) is 67.4 Å². The molecular weight excluding hydrogens is 364 g/mol. The van der Waals surface area contributed by atoms with E-state index in [0.717, 1.165) is 28.1 Å². The zero-order valence-electron chi connectivity index (χ0n) is 16.8. The van der Waals surface area contributed by atoms with Crippen molar-refractivity contribution in [2.24, 2.45) is 0 Å². The second-order valence-electron chi connectivity index (χ2n) is 6.85. The molecule has 0 aliphatic heterocycles. The lowest BCUT2D eigenvalue weighted by atomic mass is 10.1. The molecule has 0 radical (unpaired) electrons. The first-order valence-electron chi connectivity index (χ1n) is 9.36. The molecule has 3 aromatic rings. The Morgan fingerprint density at radius 1 is 0.862 bits per heavy atom. The monoisotopic (exact) mass is 388 g/mol. The molecule has 0 bridgehead atoms. The minimum Gasteiger partial charge on any atom is -0.496 e. The van der Waals surface area contributed by atoms with Crippen molar-refractivity contribution < 1.29 is 14.3 Å². The van der Waals surface area contributed by atoms with Crippen LogP contribution in [0, 0.1) is 13.8 Å². The van der Waals surface area contributed by atoms with Crippen LogP contribution >= 0.6 is 0 Å². The highest BCUT2D eigenvalue weighted by Gasteiger charge is 2.12. The van der Waals surface area contributed by atoms with Gasteiger partial charge in [0.05, 0.1) is 7.11 Å². The fraction of sp³-hybridized carbons (Fsp3) is 0.167. The average Bonchev–Trinajstić information content (AvgIpc) is 2.74. The summed E-state index contributed by atoms with van der Waals surface area (Å²) >= 11 is 0. The number of hydrogen-bond donors (Lipinski definition) is 2. The van der Waals surface area contributed by atoms with Crippen LogP contribution in [0.2, 0.25) is 0 Å². The van der Waals surface area contributed by atoms with Crippen molar-refractivity contribution in [3.63, 3.8) is 0 Å². The summed E-state index contributed by atoms with van der Waals surface area (Å²) in [5.74, 6) is 0.213. The molecule has 0 heterocycles. The average molecular weight is 388 g/mol. The number of aryl methyl sites for hydroxylation is 2. The second kappa shape index (κ2) is 9.06. The number of carbonyl (C=O) groups is 2. The molecule has 29 heavy (non-hydrogen) atoms. The number of rotatable bonds is 6. The lowest BCUT2D eigenvalue weighted by Gasteiger charge is -2.11. The van der Waals surface area contributed by atoms with Crippen molar-refractivity contribution in [1.82, 2.24) is 5.32 Å². The van der Waals surface area contributed by atoms with Crippen molar-refractivity contribution in [2.45, 2.75) is 20.4 Å². The maximum absolute atomic E-state index is 12.7. The third-order valence-corrected chi connectivity index (χ3v) is 4.66. The number of hydrogen-bond acceptors (Lipinski definition) is 3. The Morgan fingerprint density at radius 2 is 1.59 bits per heavy atom. The molecule has 0 unspecified atom stereocenters. The maximum Gasteiger partial charge on any atom is 0.255 e. The molecule has 0 saturated carbocycles. The first-order chi connectivity index (χ1) is 14.0. The van der Waals surface area contributed by atoms with Crippen LogP contribution in [0.4, 0.5) is 5.69 Å². The van der Waals surface area contributed by atoms with Gasteiger partial charge in [0.2, 0.25) is 0 Å². The van der Waals surface area contributed by atoms with Gasteiger partial charge in [0.25, 0.3) is 11.8 Å². The number of nitrogens with one attached hydrogen (secondary N) is 2. The van der Waals surface area contributed by atoms with Crippen molar-refractivity contribution in [2.75, 3.05) is 12.4 Å². The molecule has 0 fully saturated rings. The number of ether oxygens (including phenoxy) is 1. The van der Waals surface area contributed by atoms with Crippen LogP contribution < -0.4 is 15.4 Å². The zero-order valence-corrected chi connectivity index (χ0v) is 16.8. The normalized spacial score (nSPS) is 10.3. The first-order valence-corrected chi connectivity index (χ1v) is 9.36. The lowest BCUT2D eigenvalue weighted by molar-refractivity contribution is 0.0950. The highest BCUT2D eigenvalue weighted by molar-refractivity contribution is 6.06. The predicted molar refractivity (Wildman–Crippen MR) is 114 cm³/mol. The summed E-state index contributed by atoms with van der Waals surface area (Å²) in [6, 6.07) is 20.1. The van der Waals surface area contributed by atoms with Gasteiger partial charge in [-0.15, -0.1) is 0 Å². The molecule has 0 spiro atoms. The summed E-state index contributed by atoms with van der Waals surface area (Å²) in [4.78, 5) is 25.2. The van der Waals surface area contributed by atoms with E-state index in [1.54, 1.807) is 31.4 Å². The van der Waals surface area contributed by atoms with E-state index >= 15 is 0 Å². The molecule has 0 atom stereocenters. The van der Waals surface area contributed by atoms with Crippen LogP contribution in [-0.4, -0.2) is 18.9 Å². The van der Waals surface area contributed by atoms with Gasteiger partial charge in [0.1, 0.15) is 5.75 Å². The lowest BCUT2D eigenvalue weighted by Crippen LogP contribution is -2.23. The van der Waals surface area contributed by atoms with Gasteiger partial charge in [0, 0.05) is 28.9 Å². The minimum absolute atomic E-state index is 0.252. The molecule has 0 saturated heterocycles. The van der Waals surface area contributed by atoms with E-state index in [9.17, 15) is 9.59 Å². The van der Waals surface area contributed by atoms with Gasteiger partial charge in [-0.1, -0.05) is 36.4 Å². The molecule has 0 aliphatic rings. The fourth-order valence-corrected chi connectivity index (χ4v) is 2.99. The number of methoxy groups -OCH3 is 1. The number of anilines is 1. The Labute approximate surface area is 170 Å². The highest BCUT2D eigenvalue weighted by atomic mass is 16.5. The molecule has 148 valence electrons. The predicted octanol–water partition coefficient (Wildman–Crippen LogP) is 4.49. The Bertz CT molecular complexity index is 1040. The standard InChI is InChI=1S/C24H24N2O3/c1-16-11-12-17(2)21(13-16)26-24(28)19-9-6-8-18(14-19)23(27)25-15-20-7-4-5-10-22(20)29-3/h4-14H,15H2,1-3H3,(H,25,27)(H,26,28). The Kier molecular flexibility index (Phi) is 6.29. The van der Waals surface area contributed by atoms with Crippen LogP contribution in [0.15, 0.2) is 66.7 Å². The van der Waals surface area contributed by atoms with Gasteiger partial charge >= 0.3 is 0 Å². The van der Waals surface area contributed by atoms with Gasteiger partial charge in [0.15, 0.2) is 0 Å². The molecule has 2 N–H and O–H groups in total. The van der Waals surface area contributed by atoms with Crippen molar-refractivity contribution >= 4 is 17.5 Å². The molecule has 0 aromatic heterocycles. The van der Waals surface area contributed by atoms with E-state index in [1.165, 1.54) is 0 Å². The van der Waals surface area contributed by atoms with Crippen LogP contribution in [-0.2, 0) is 6.54 Å². The SMILES string of the molecule is COc1ccccc1CNC(=O)c1cccc(C(=O)Nc2cc(C)ccc2C)c1. The fourth-order valence-electron chi connectivity index (χ4n) is 2.99. The summed E-state index contributed by atoms with van der Waals surface area (Å²) in [5.41, 5.74) is 4.54. The smallest absolute Gasteiger partial charge is 0.255 e. The second-order valence-corrected chi connectivity index (χ2v) is 6.85. The third-order valence-electron chi connectivity index (χ3n) is 4.66. The van der Waals surface area contributed by atoms with Crippen molar-refractivity contribution in [3.05, 3.63) is 94.5 Å². The largest absolute Gasteiger partial charge is 0.496 e. The Morgan fingerprint density at radius 3 is 2.34 bits per heavy atom. The van der Waals surface area contributed by atoms with Crippen LogP contribution in [0.1, 0.15) is 37.4 Å². The Hall–Kier alpha value is -3.60. The van der Waals surface area contributed by atoms with Crippen LogP contribution in [0.3, 0.4) is 0 Å². The Balaban J connectivity index is 1.70. The number of benzene rings is 3. The van der Waals surface area contributed by atoms with Gasteiger partial charge in [-0.25, -0.2) is 0 Å². The first kappa shape index (κ1) is 20.1. The highest BCUT2D eigenvalue weighted by Crippen LogP contribution is 2.19. The third kappa shape index (κ3) is 5.02. The van der Waals surface area contributed by atoms with Crippen molar-refractivity contribution in [1.29, 1.82) is 0 Å². The molecular formula is C24H24N2O3. The molecule has 3 rings (SSSR count). The van der Waals surface area contributed by atoms with Gasteiger partial charge in [-0.05, 0) is 55.3 Å². The molecule has 5 heteroatoms. The summed E-state index contributed by atoms with van der Waals surface area (Å²) in [6.45, 7) is 4.25. The van der Waals surface area contributed by atoms with E-state index in [4.69, 9.17) is 4.74 Å². The zero-order chi connectivity index (χ0) is 20.8.